The molecular weight excluding hydrogens is 250 g/mol. The maximum Gasteiger partial charge on any atom is 0.0633 e. The SMILES string of the molecule is CCCCCCCCCCCCCCC(N)(CO)CO. The highest BCUT2D eigenvalue weighted by molar-refractivity contribution is 4.81. The maximum absolute atomic E-state index is 9.08. The van der Waals surface area contributed by atoms with E-state index in [0.29, 0.717) is 0 Å². The van der Waals surface area contributed by atoms with Crippen molar-refractivity contribution in [1.82, 2.24) is 0 Å². The molecule has 20 heavy (non-hydrogen) atoms. The molecule has 4 N–H and O–H groups in total. The molecular formula is C17H37NO2. The monoisotopic (exact) mass is 287 g/mol. The van der Waals surface area contributed by atoms with Crippen molar-refractivity contribution in [1.29, 1.82) is 0 Å². The number of hydrogen-bond donors (Lipinski definition) is 3. The molecule has 0 spiro atoms. The van der Waals surface area contributed by atoms with Gasteiger partial charge in [-0.05, 0) is 6.42 Å². The van der Waals surface area contributed by atoms with Gasteiger partial charge in [-0.25, -0.2) is 0 Å². The van der Waals surface area contributed by atoms with Crippen LogP contribution in [0.1, 0.15) is 90.4 Å². The van der Waals surface area contributed by atoms with Crippen LogP contribution in [0.2, 0.25) is 0 Å². The Bertz CT molecular complexity index is 193. The van der Waals surface area contributed by atoms with Gasteiger partial charge in [0.25, 0.3) is 0 Å². The van der Waals surface area contributed by atoms with Gasteiger partial charge in [0, 0.05) is 0 Å². The van der Waals surface area contributed by atoms with E-state index >= 15 is 0 Å². The van der Waals surface area contributed by atoms with Crippen molar-refractivity contribution in [3.8, 4) is 0 Å². The van der Waals surface area contributed by atoms with Gasteiger partial charge in [-0.15, -0.1) is 0 Å². The van der Waals surface area contributed by atoms with Crippen LogP contribution in [0.15, 0.2) is 0 Å². The van der Waals surface area contributed by atoms with Gasteiger partial charge in [0.15, 0.2) is 0 Å². The van der Waals surface area contributed by atoms with Crippen molar-refractivity contribution in [2.24, 2.45) is 5.73 Å². The molecule has 0 heterocycles. The van der Waals surface area contributed by atoms with Crippen LogP contribution in [-0.2, 0) is 0 Å². The summed E-state index contributed by atoms with van der Waals surface area (Å²) in [6, 6.07) is 0. The predicted octanol–water partition coefficient (Wildman–Crippen LogP) is 3.76. The van der Waals surface area contributed by atoms with Gasteiger partial charge < -0.3 is 15.9 Å². The van der Waals surface area contributed by atoms with Gasteiger partial charge in [-0.1, -0.05) is 84.0 Å². The molecule has 0 saturated heterocycles. The van der Waals surface area contributed by atoms with Crippen LogP contribution < -0.4 is 5.73 Å². The third kappa shape index (κ3) is 11.7. The summed E-state index contributed by atoms with van der Waals surface area (Å²) in [5, 5.41) is 18.2. The fourth-order valence-corrected chi connectivity index (χ4v) is 2.53. The van der Waals surface area contributed by atoms with Crippen molar-refractivity contribution in [3.63, 3.8) is 0 Å². The Labute approximate surface area is 126 Å². The van der Waals surface area contributed by atoms with E-state index in [0.717, 1.165) is 19.3 Å². The normalized spacial score (nSPS) is 12.0. The molecule has 0 fully saturated rings. The minimum Gasteiger partial charge on any atom is -0.394 e. The molecule has 0 aliphatic heterocycles. The zero-order chi connectivity index (χ0) is 15.1. The van der Waals surface area contributed by atoms with Gasteiger partial charge in [-0.3, -0.25) is 0 Å². The van der Waals surface area contributed by atoms with Crippen molar-refractivity contribution in [2.45, 2.75) is 95.9 Å². The van der Waals surface area contributed by atoms with Crippen LogP contribution >= 0.6 is 0 Å². The van der Waals surface area contributed by atoms with Crippen molar-refractivity contribution in [3.05, 3.63) is 0 Å². The third-order valence-electron chi connectivity index (χ3n) is 4.16. The van der Waals surface area contributed by atoms with E-state index in [1.807, 2.05) is 0 Å². The second-order valence-corrected chi connectivity index (χ2v) is 6.32. The van der Waals surface area contributed by atoms with Crippen LogP contribution in [0.4, 0.5) is 0 Å². The fourth-order valence-electron chi connectivity index (χ4n) is 2.53. The summed E-state index contributed by atoms with van der Waals surface area (Å²) < 4.78 is 0. The van der Waals surface area contributed by atoms with E-state index in [1.165, 1.54) is 64.2 Å². The first-order valence-corrected chi connectivity index (χ1v) is 8.69. The van der Waals surface area contributed by atoms with Crippen LogP contribution in [-0.4, -0.2) is 29.0 Å². The highest BCUT2D eigenvalue weighted by Gasteiger charge is 2.21. The average Bonchev–Trinajstić information content (AvgIpc) is 2.48. The molecule has 0 aromatic heterocycles. The Morgan fingerprint density at radius 3 is 1.35 bits per heavy atom. The molecule has 0 amide bonds. The largest absolute Gasteiger partial charge is 0.394 e. The van der Waals surface area contributed by atoms with Crippen molar-refractivity contribution in [2.75, 3.05) is 13.2 Å². The maximum atomic E-state index is 9.08. The smallest absolute Gasteiger partial charge is 0.0633 e. The fraction of sp³-hybridized carbons (Fsp3) is 1.00. The third-order valence-corrected chi connectivity index (χ3v) is 4.16. The van der Waals surface area contributed by atoms with E-state index in [9.17, 15) is 0 Å². The highest BCUT2D eigenvalue weighted by atomic mass is 16.3. The minimum absolute atomic E-state index is 0.123. The molecule has 0 aromatic rings. The van der Waals surface area contributed by atoms with Gasteiger partial charge in [0.05, 0.1) is 18.8 Å². The second kappa shape index (κ2) is 13.8. The van der Waals surface area contributed by atoms with Crippen LogP contribution in [0.3, 0.4) is 0 Å². The lowest BCUT2D eigenvalue weighted by molar-refractivity contribution is 0.112. The molecule has 3 heteroatoms. The van der Waals surface area contributed by atoms with E-state index in [2.05, 4.69) is 6.92 Å². The summed E-state index contributed by atoms with van der Waals surface area (Å²) in [7, 11) is 0. The standard InChI is InChI=1S/C17H37NO2/c1-2-3-4-5-6-7-8-9-10-11-12-13-14-17(18,15-19)16-20/h19-20H,2-16,18H2,1H3. The first kappa shape index (κ1) is 19.9. The Hall–Kier alpha value is -0.120. The Kier molecular flexibility index (Phi) is 13.8. The zero-order valence-corrected chi connectivity index (χ0v) is 13.6. The van der Waals surface area contributed by atoms with Crippen LogP contribution in [0.5, 0.6) is 0 Å². The molecule has 0 aromatic carbocycles. The average molecular weight is 287 g/mol. The lowest BCUT2D eigenvalue weighted by atomic mass is 9.94. The Morgan fingerprint density at radius 1 is 0.650 bits per heavy atom. The summed E-state index contributed by atoms with van der Waals surface area (Å²) in [5.41, 5.74) is 5.06. The number of nitrogens with two attached hydrogens (primary N) is 1. The summed E-state index contributed by atoms with van der Waals surface area (Å²) in [6.07, 6.45) is 16.5. The van der Waals surface area contributed by atoms with Gasteiger partial charge >= 0.3 is 0 Å². The van der Waals surface area contributed by atoms with E-state index < -0.39 is 5.54 Å². The van der Waals surface area contributed by atoms with Crippen molar-refractivity contribution >= 4 is 0 Å². The summed E-state index contributed by atoms with van der Waals surface area (Å²) >= 11 is 0. The topological polar surface area (TPSA) is 66.5 Å². The van der Waals surface area contributed by atoms with Crippen molar-refractivity contribution < 1.29 is 10.2 Å². The lowest BCUT2D eigenvalue weighted by Crippen LogP contribution is -2.47. The molecule has 0 rings (SSSR count). The molecule has 0 aliphatic rings. The second-order valence-electron chi connectivity index (χ2n) is 6.32. The Balaban J connectivity index is 3.17. The quantitative estimate of drug-likeness (QED) is 0.402. The van der Waals surface area contributed by atoms with Gasteiger partial charge in [0.1, 0.15) is 0 Å². The molecule has 0 bridgehead atoms. The zero-order valence-electron chi connectivity index (χ0n) is 13.6. The highest BCUT2D eigenvalue weighted by Crippen LogP contribution is 2.15. The molecule has 0 saturated carbocycles. The Morgan fingerprint density at radius 2 is 1.00 bits per heavy atom. The molecule has 3 nitrogen and oxygen atoms in total. The minimum atomic E-state index is -0.765. The molecule has 0 aliphatic carbocycles. The summed E-state index contributed by atoms with van der Waals surface area (Å²) in [4.78, 5) is 0. The summed E-state index contributed by atoms with van der Waals surface area (Å²) in [5.74, 6) is 0. The number of aliphatic hydroxyl groups excluding tert-OH is 2. The summed E-state index contributed by atoms with van der Waals surface area (Å²) in [6.45, 7) is 2.01. The van der Waals surface area contributed by atoms with E-state index in [4.69, 9.17) is 15.9 Å². The van der Waals surface area contributed by atoms with Gasteiger partial charge in [0.2, 0.25) is 0 Å². The first-order chi connectivity index (χ1) is 9.68. The number of aliphatic hydroxyl groups is 2. The number of hydrogen-bond acceptors (Lipinski definition) is 3. The predicted molar refractivity (Wildman–Crippen MR) is 86.8 cm³/mol. The first-order valence-electron chi connectivity index (χ1n) is 8.69. The molecule has 122 valence electrons. The van der Waals surface area contributed by atoms with Gasteiger partial charge in [-0.2, -0.15) is 0 Å². The number of unbranched alkanes of at least 4 members (excludes halogenated alkanes) is 11. The van der Waals surface area contributed by atoms with E-state index in [1.54, 1.807) is 0 Å². The van der Waals surface area contributed by atoms with Crippen LogP contribution in [0, 0.1) is 0 Å². The molecule has 0 radical (unpaired) electrons. The lowest BCUT2D eigenvalue weighted by Gasteiger charge is -2.24. The van der Waals surface area contributed by atoms with E-state index in [-0.39, 0.29) is 13.2 Å². The van der Waals surface area contributed by atoms with Crippen LogP contribution in [0.25, 0.3) is 0 Å². The molecule has 0 unspecified atom stereocenters. The number of rotatable bonds is 15. The molecule has 0 atom stereocenters.